The first-order chi connectivity index (χ1) is 12.3. The molecule has 3 aromatic rings. The summed E-state index contributed by atoms with van der Waals surface area (Å²) in [5.41, 5.74) is 8.16. The molecule has 2 N–H and O–H groups in total. The van der Waals surface area contributed by atoms with Crippen LogP contribution in [0.15, 0.2) is 30.3 Å². The quantitative estimate of drug-likeness (QED) is 0.693. The highest BCUT2D eigenvalue weighted by molar-refractivity contribution is 7.20. The molecule has 0 atom stereocenters. The summed E-state index contributed by atoms with van der Waals surface area (Å²) in [4.78, 5) is 25.4. The van der Waals surface area contributed by atoms with Gasteiger partial charge in [-0.1, -0.05) is 43.7 Å². The van der Waals surface area contributed by atoms with E-state index in [-0.39, 0.29) is 17.7 Å². The molecule has 3 rings (SSSR count). The van der Waals surface area contributed by atoms with E-state index in [2.05, 4.69) is 47.1 Å². The third-order valence-electron chi connectivity index (χ3n) is 4.11. The van der Waals surface area contributed by atoms with Crippen LogP contribution in [0.2, 0.25) is 0 Å². The number of aryl methyl sites for hydroxylation is 2. The van der Waals surface area contributed by atoms with E-state index in [9.17, 15) is 9.59 Å². The predicted molar refractivity (Wildman–Crippen MR) is 103 cm³/mol. The molecular formula is C19H22N4O2S. The Hall–Kier alpha value is -2.67. The van der Waals surface area contributed by atoms with Crippen LogP contribution in [-0.2, 0) is 11.3 Å². The van der Waals surface area contributed by atoms with Crippen LogP contribution in [0.25, 0.3) is 10.2 Å². The van der Waals surface area contributed by atoms with Gasteiger partial charge >= 0.3 is 0 Å². The Balaban J connectivity index is 1.81. The van der Waals surface area contributed by atoms with Crippen LogP contribution < -0.4 is 10.9 Å². The van der Waals surface area contributed by atoms with E-state index in [0.717, 1.165) is 21.5 Å². The Morgan fingerprint density at radius 2 is 1.85 bits per heavy atom. The second-order valence-electron chi connectivity index (χ2n) is 6.66. The maximum Gasteiger partial charge on any atom is 0.279 e. The first kappa shape index (κ1) is 18.1. The lowest BCUT2D eigenvalue weighted by Crippen LogP contribution is -2.43. The van der Waals surface area contributed by atoms with Crippen molar-refractivity contribution in [3.8, 4) is 0 Å². The Morgan fingerprint density at radius 3 is 2.50 bits per heavy atom. The number of benzene rings is 1. The fraction of sp³-hybridized carbons (Fsp3) is 0.316. The molecule has 0 bridgehead atoms. The lowest BCUT2D eigenvalue weighted by atomic mass is 10.1. The molecule has 1 aromatic carbocycles. The molecule has 0 saturated heterocycles. The van der Waals surface area contributed by atoms with E-state index in [1.165, 1.54) is 16.9 Å². The van der Waals surface area contributed by atoms with Crippen LogP contribution in [0.4, 0.5) is 0 Å². The van der Waals surface area contributed by atoms with Crippen LogP contribution in [-0.4, -0.2) is 21.6 Å². The van der Waals surface area contributed by atoms with Crippen molar-refractivity contribution in [3.05, 3.63) is 52.0 Å². The van der Waals surface area contributed by atoms with Gasteiger partial charge < -0.3 is 0 Å². The van der Waals surface area contributed by atoms with E-state index in [1.54, 1.807) is 13.8 Å². The summed E-state index contributed by atoms with van der Waals surface area (Å²) in [7, 11) is 0. The van der Waals surface area contributed by atoms with Gasteiger partial charge in [0.15, 0.2) is 0 Å². The number of amides is 2. The first-order valence-electron chi connectivity index (χ1n) is 8.48. The van der Waals surface area contributed by atoms with Crippen LogP contribution >= 0.6 is 11.3 Å². The average molecular weight is 370 g/mol. The molecule has 0 spiro atoms. The molecule has 0 aliphatic heterocycles. The third-order valence-corrected chi connectivity index (χ3v) is 5.25. The van der Waals surface area contributed by atoms with E-state index in [4.69, 9.17) is 0 Å². The molecule has 136 valence electrons. The van der Waals surface area contributed by atoms with Crippen molar-refractivity contribution in [3.63, 3.8) is 0 Å². The maximum atomic E-state index is 12.3. The van der Waals surface area contributed by atoms with Crippen molar-refractivity contribution in [2.24, 2.45) is 5.92 Å². The van der Waals surface area contributed by atoms with Crippen LogP contribution in [0.3, 0.4) is 0 Å². The topological polar surface area (TPSA) is 76.0 Å². The van der Waals surface area contributed by atoms with Gasteiger partial charge in [-0.05, 0) is 25.5 Å². The number of nitrogens with zero attached hydrogens (tertiary/aromatic N) is 2. The molecule has 6 nitrogen and oxygen atoms in total. The van der Waals surface area contributed by atoms with Crippen molar-refractivity contribution in [2.45, 2.75) is 34.2 Å². The van der Waals surface area contributed by atoms with Crippen molar-refractivity contribution < 1.29 is 9.59 Å². The first-order valence-corrected chi connectivity index (χ1v) is 9.29. The fourth-order valence-electron chi connectivity index (χ4n) is 2.52. The second-order valence-corrected chi connectivity index (χ2v) is 7.69. The number of fused-ring (bicyclic) bond motifs is 1. The minimum atomic E-state index is -0.318. The Morgan fingerprint density at radius 1 is 1.15 bits per heavy atom. The van der Waals surface area contributed by atoms with Gasteiger partial charge in [0.1, 0.15) is 4.83 Å². The number of thiophene rings is 1. The molecular weight excluding hydrogens is 348 g/mol. The highest BCUT2D eigenvalue weighted by atomic mass is 32.1. The lowest BCUT2D eigenvalue weighted by molar-refractivity contribution is -0.124. The number of hydrogen-bond acceptors (Lipinski definition) is 4. The number of carbonyl (C=O) groups is 2. The number of hydrazine groups is 1. The molecule has 2 aromatic heterocycles. The normalized spacial score (nSPS) is 11.1. The Labute approximate surface area is 156 Å². The van der Waals surface area contributed by atoms with E-state index < -0.39 is 0 Å². The lowest BCUT2D eigenvalue weighted by Gasteiger charge is -2.08. The summed E-state index contributed by atoms with van der Waals surface area (Å²) in [6.45, 7) is 8.18. The zero-order chi connectivity index (χ0) is 18.8. The largest absolute Gasteiger partial charge is 0.279 e. The predicted octanol–water partition coefficient (Wildman–Crippen LogP) is 3.18. The number of hydrogen-bond donors (Lipinski definition) is 2. The van der Waals surface area contributed by atoms with Gasteiger partial charge in [0, 0.05) is 11.3 Å². The number of aromatic nitrogens is 2. The molecule has 0 fully saturated rings. The van der Waals surface area contributed by atoms with Crippen molar-refractivity contribution >= 4 is 33.4 Å². The van der Waals surface area contributed by atoms with Gasteiger partial charge in [0.05, 0.1) is 17.1 Å². The summed E-state index contributed by atoms with van der Waals surface area (Å²) >= 11 is 1.37. The highest BCUT2D eigenvalue weighted by Crippen LogP contribution is 2.28. The van der Waals surface area contributed by atoms with Crippen molar-refractivity contribution in [1.82, 2.24) is 20.6 Å². The molecule has 2 amide bonds. The minimum Gasteiger partial charge on any atom is -0.273 e. The molecule has 7 heteroatoms. The zero-order valence-electron chi connectivity index (χ0n) is 15.3. The number of nitrogens with one attached hydrogen (secondary N) is 2. The zero-order valence-corrected chi connectivity index (χ0v) is 16.1. The number of rotatable bonds is 4. The van der Waals surface area contributed by atoms with Gasteiger partial charge in [-0.25, -0.2) is 0 Å². The van der Waals surface area contributed by atoms with E-state index >= 15 is 0 Å². The molecule has 0 saturated carbocycles. The van der Waals surface area contributed by atoms with Gasteiger partial charge in [-0.3, -0.25) is 25.1 Å². The average Bonchev–Trinajstić information content (AvgIpc) is 3.16. The van der Waals surface area contributed by atoms with Crippen molar-refractivity contribution in [2.75, 3.05) is 0 Å². The summed E-state index contributed by atoms with van der Waals surface area (Å²) in [6.07, 6.45) is 0. The van der Waals surface area contributed by atoms with Crippen LogP contribution in [0.1, 0.15) is 40.3 Å². The highest BCUT2D eigenvalue weighted by Gasteiger charge is 2.17. The summed E-state index contributed by atoms with van der Waals surface area (Å²) in [5, 5.41) is 5.55. The van der Waals surface area contributed by atoms with Gasteiger partial charge in [0.25, 0.3) is 5.91 Å². The second kappa shape index (κ2) is 7.29. The SMILES string of the molecule is Cc1ccc(Cn2nc(C)c3cc(C(=O)NNC(=O)C(C)C)sc32)cc1. The van der Waals surface area contributed by atoms with E-state index in [1.807, 2.05) is 17.7 Å². The standard InChI is InChI=1S/C19H22N4O2S/c1-11(2)17(24)20-21-18(25)16-9-15-13(4)22-23(19(15)26-16)10-14-7-5-12(3)6-8-14/h5-9,11H,10H2,1-4H3,(H,20,24)(H,21,25). The Bertz CT molecular complexity index is 954. The molecule has 0 aliphatic rings. The minimum absolute atomic E-state index is 0.192. The monoisotopic (exact) mass is 370 g/mol. The molecule has 0 unspecified atom stereocenters. The molecule has 0 radical (unpaired) electrons. The van der Waals surface area contributed by atoms with E-state index in [0.29, 0.717) is 11.4 Å². The molecule has 26 heavy (non-hydrogen) atoms. The smallest absolute Gasteiger partial charge is 0.273 e. The van der Waals surface area contributed by atoms with Crippen LogP contribution in [0.5, 0.6) is 0 Å². The number of carbonyl (C=O) groups excluding carboxylic acids is 2. The van der Waals surface area contributed by atoms with Gasteiger partial charge in [-0.2, -0.15) is 5.10 Å². The van der Waals surface area contributed by atoms with Gasteiger partial charge in [0.2, 0.25) is 5.91 Å². The summed E-state index contributed by atoms with van der Waals surface area (Å²) in [5.74, 6) is -0.731. The third kappa shape index (κ3) is 3.77. The summed E-state index contributed by atoms with van der Waals surface area (Å²) < 4.78 is 1.92. The molecule has 2 heterocycles. The van der Waals surface area contributed by atoms with Gasteiger partial charge in [-0.15, -0.1) is 11.3 Å². The van der Waals surface area contributed by atoms with Crippen molar-refractivity contribution in [1.29, 1.82) is 0 Å². The summed E-state index contributed by atoms with van der Waals surface area (Å²) in [6, 6.07) is 10.1. The van der Waals surface area contributed by atoms with Crippen LogP contribution in [0, 0.1) is 19.8 Å². The fourth-order valence-corrected chi connectivity index (χ4v) is 3.58. The maximum absolute atomic E-state index is 12.3. The molecule has 0 aliphatic carbocycles. The Kier molecular flexibility index (Phi) is 5.08.